The molecule has 0 saturated carbocycles. The molecule has 8 heteroatoms. The van der Waals surface area contributed by atoms with Gasteiger partial charge in [0.2, 0.25) is 10.0 Å². The molecule has 2 rings (SSSR count). The molecule has 1 aromatic rings. The maximum Gasteiger partial charge on any atom is 0.337 e. The van der Waals surface area contributed by atoms with E-state index in [9.17, 15) is 13.2 Å². The highest BCUT2D eigenvalue weighted by atomic mass is 32.2. The molecule has 1 aromatic carbocycles. The Morgan fingerprint density at radius 1 is 1.52 bits per heavy atom. The summed E-state index contributed by atoms with van der Waals surface area (Å²) in [7, 11) is -1.91. The molecule has 4 N–H and O–H groups in total. The Kier molecular flexibility index (Phi) is 4.50. The van der Waals surface area contributed by atoms with Crippen molar-refractivity contribution in [2.24, 2.45) is 5.92 Å². The van der Waals surface area contributed by atoms with Gasteiger partial charge in [-0.2, -0.15) is 0 Å². The lowest BCUT2D eigenvalue weighted by Crippen LogP contribution is -2.31. The van der Waals surface area contributed by atoms with Crippen molar-refractivity contribution in [3.8, 4) is 0 Å². The maximum absolute atomic E-state index is 12.3. The topological polar surface area (TPSA) is 113 Å². The zero-order valence-electron chi connectivity index (χ0n) is 11.7. The van der Waals surface area contributed by atoms with Crippen molar-refractivity contribution in [2.75, 3.05) is 32.4 Å². The fourth-order valence-electron chi connectivity index (χ4n) is 2.44. The SMILES string of the molecule is CN1CCC(CNS(=O)(=O)c2cc(N)ccc2C(=O)O)C1. The fourth-order valence-corrected chi connectivity index (χ4v) is 3.78. The van der Waals surface area contributed by atoms with Crippen LogP contribution >= 0.6 is 0 Å². The molecule has 1 fully saturated rings. The number of hydrogen-bond donors (Lipinski definition) is 3. The van der Waals surface area contributed by atoms with Crippen LogP contribution < -0.4 is 10.5 Å². The predicted molar refractivity (Wildman–Crippen MR) is 78.6 cm³/mol. The Bertz CT molecular complexity index is 645. The molecule has 1 saturated heterocycles. The zero-order chi connectivity index (χ0) is 15.6. The van der Waals surface area contributed by atoms with Crippen LogP contribution in [0.4, 0.5) is 5.69 Å². The molecule has 116 valence electrons. The summed E-state index contributed by atoms with van der Waals surface area (Å²) in [6.45, 7) is 2.05. The molecule has 1 unspecified atom stereocenters. The van der Waals surface area contributed by atoms with E-state index in [1.807, 2.05) is 7.05 Å². The van der Waals surface area contributed by atoms with Gasteiger partial charge in [0.25, 0.3) is 0 Å². The fraction of sp³-hybridized carbons (Fsp3) is 0.462. The van der Waals surface area contributed by atoms with E-state index < -0.39 is 16.0 Å². The number of nitrogens with zero attached hydrogens (tertiary/aromatic N) is 1. The van der Waals surface area contributed by atoms with Crippen molar-refractivity contribution < 1.29 is 18.3 Å². The number of carboxylic acid groups (broad SMARTS) is 1. The van der Waals surface area contributed by atoms with E-state index in [1.54, 1.807) is 0 Å². The summed E-state index contributed by atoms with van der Waals surface area (Å²) in [6.07, 6.45) is 0.918. The van der Waals surface area contributed by atoms with E-state index in [1.165, 1.54) is 18.2 Å². The average Bonchev–Trinajstić information content (AvgIpc) is 2.82. The Balaban J connectivity index is 2.19. The van der Waals surface area contributed by atoms with Crippen LogP contribution in [0.1, 0.15) is 16.8 Å². The van der Waals surface area contributed by atoms with Crippen molar-refractivity contribution in [2.45, 2.75) is 11.3 Å². The Labute approximate surface area is 123 Å². The molecule has 21 heavy (non-hydrogen) atoms. The summed E-state index contributed by atoms with van der Waals surface area (Å²) in [5.74, 6) is -1.06. The molecule has 7 nitrogen and oxygen atoms in total. The van der Waals surface area contributed by atoms with Crippen molar-refractivity contribution >= 4 is 21.7 Å². The second-order valence-corrected chi connectivity index (χ2v) is 7.06. The van der Waals surface area contributed by atoms with Gasteiger partial charge in [0.15, 0.2) is 0 Å². The van der Waals surface area contributed by atoms with Gasteiger partial charge in [-0.05, 0) is 44.1 Å². The van der Waals surface area contributed by atoms with Crippen molar-refractivity contribution in [1.29, 1.82) is 0 Å². The van der Waals surface area contributed by atoms with Crippen molar-refractivity contribution in [3.63, 3.8) is 0 Å². The lowest BCUT2D eigenvalue weighted by Gasteiger charge is -2.13. The molecule has 0 amide bonds. The van der Waals surface area contributed by atoms with E-state index in [2.05, 4.69) is 9.62 Å². The number of rotatable bonds is 5. The summed E-state index contributed by atoms with van der Waals surface area (Å²) in [4.78, 5) is 13.0. The zero-order valence-corrected chi connectivity index (χ0v) is 12.6. The van der Waals surface area contributed by atoms with Gasteiger partial charge in [-0.25, -0.2) is 17.9 Å². The van der Waals surface area contributed by atoms with Crippen LogP contribution in [-0.4, -0.2) is 51.1 Å². The van der Waals surface area contributed by atoms with E-state index in [0.29, 0.717) is 6.54 Å². The summed E-state index contributed by atoms with van der Waals surface area (Å²) in [5, 5.41) is 9.09. The third-order valence-electron chi connectivity index (χ3n) is 3.58. The number of hydrogen-bond acceptors (Lipinski definition) is 5. The number of likely N-dealkylation sites (tertiary alicyclic amines) is 1. The highest BCUT2D eigenvalue weighted by molar-refractivity contribution is 7.89. The molecule has 1 atom stereocenters. The van der Waals surface area contributed by atoms with Gasteiger partial charge in [-0.3, -0.25) is 0 Å². The van der Waals surface area contributed by atoms with E-state index in [-0.39, 0.29) is 22.1 Å². The van der Waals surface area contributed by atoms with Gasteiger partial charge in [0.05, 0.1) is 10.5 Å². The number of benzene rings is 1. The first kappa shape index (κ1) is 15.7. The number of nitrogens with two attached hydrogens (primary N) is 1. The van der Waals surface area contributed by atoms with Crippen molar-refractivity contribution in [3.05, 3.63) is 23.8 Å². The van der Waals surface area contributed by atoms with Crippen LogP contribution in [0.25, 0.3) is 0 Å². The molecule has 1 heterocycles. The number of carboxylic acids is 1. The molecule has 0 aliphatic carbocycles. The van der Waals surface area contributed by atoms with Crippen LogP contribution in [0.5, 0.6) is 0 Å². The summed E-state index contributed by atoms with van der Waals surface area (Å²) in [6, 6.07) is 3.75. The number of nitrogens with one attached hydrogen (secondary N) is 1. The highest BCUT2D eigenvalue weighted by Crippen LogP contribution is 2.20. The number of aromatic carboxylic acids is 1. The Morgan fingerprint density at radius 2 is 2.24 bits per heavy atom. The minimum atomic E-state index is -3.89. The lowest BCUT2D eigenvalue weighted by atomic mass is 10.1. The van der Waals surface area contributed by atoms with Gasteiger partial charge in [0.1, 0.15) is 0 Å². The second kappa shape index (κ2) is 6.00. The number of nitrogen functional groups attached to an aromatic ring is 1. The third kappa shape index (κ3) is 3.72. The van der Waals surface area contributed by atoms with Crippen molar-refractivity contribution in [1.82, 2.24) is 9.62 Å². The second-order valence-electron chi connectivity index (χ2n) is 5.33. The van der Waals surface area contributed by atoms with Gasteiger partial charge in [-0.15, -0.1) is 0 Å². The minimum absolute atomic E-state index is 0.209. The first-order chi connectivity index (χ1) is 9.79. The van der Waals surface area contributed by atoms with E-state index >= 15 is 0 Å². The standard InChI is InChI=1S/C13H19N3O4S/c1-16-5-4-9(8-16)7-15-21(19,20)12-6-10(14)2-3-11(12)13(17)18/h2-3,6,9,15H,4-5,7-8,14H2,1H3,(H,17,18). The van der Waals surface area contributed by atoms with Crippen LogP contribution in [0, 0.1) is 5.92 Å². The molecular formula is C13H19N3O4S. The van der Waals surface area contributed by atoms with Crippen LogP contribution in [-0.2, 0) is 10.0 Å². The van der Waals surface area contributed by atoms with Gasteiger partial charge >= 0.3 is 5.97 Å². The van der Waals surface area contributed by atoms with Crippen LogP contribution in [0.3, 0.4) is 0 Å². The molecule has 0 radical (unpaired) electrons. The van der Waals surface area contributed by atoms with Gasteiger partial charge < -0.3 is 15.7 Å². The normalized spacial score (nSPS) is 19.8. The number of carbonyl (C=O) groups is 1. The largest absolute Gasteiger partial charge is 0.478 e. The molecule has 0 bridgehead atoms. The lowest BCUT2D eigenvalue weighted by molar-refractivity contribution is 0.0692. The average molecular weight is 313 g/mol. The first-order valence-electron chi connectivity index (χ1n) is 6.60. The quantitative estimate of drug-likeness (QED) is 0.669. The maximum atomic E-state index is 12.3. The highest BCUT2D eigenvalue weighted by Gasteiger charge is 2.25. The summed E-state index contributed by atoms with van der Waals surface area (Å²) in [5.41, 5.74) is 5.50. The van der Waals surface area contributed by atoms with E-state index in [0.717, 1.165) is 19.5 Å². The Hall–Kier alpha value is -1.64. The van der Waals surface area contributed by atoms with Gasteiger partial charge in [0, 0.05) is 18.8 Å². The first-order valence-corrected chi connectivity index (χ1v) is 8.09. The van der Waals surface area contributed by atoms with E-state index in [4.69, 9.17) is 10.8 Å². The monoisotopic (exact) mass is 313 g/mol. The molecule has 1 aliphatic rings. The molecule has 0 aromatic heterocycles. The molecule has 0 spiro atoms. The third-order valence-corrected chi connectivity index (χ3v) is 5.04. The Morgan fingerprint density at radius 3 is 2.81 bits per heavy atom. The smallest absolute Gasteiger partial charge is 0.337 e. The number of anilines is 1. The van der Waals surface area contributed by atoms with Gasteiger partial charge in [-0.1, -0.05) is 0 Å². The van der Waals surface area contributed by atoms with Crippen LogP contribution in [0.2, 0.25) is 0 Å². The molecular weight excluding hydrogens is 294 g/mol. The van der Waals surface area contributed by atoms with Crippen LogP contribution in [0.15, 0.2) is 23.1 Å². The predicted octanol–water partition coefficient (Wildman–Crippen LogP) is 0.197. The minimum Gasteiger partial charge on any atom is -0.478 e. The summed E-state index contributed by atoms with van der Waals surface area (Å²) < 4.78 is 27.1. The number of sulfonamides is 1. The summed E-state index contributed by atoms with van der Waals surface area (Å²) >= 11 is 0. The molecule has 1 aliphatic heterocycles.